The van der Waals surface area contributed by atoms with Gasteiger partial charge in [-0.3, -0.25) is 4.79 Å². The maximum absolute atomic E-state index is 12.8. The Morgan fingerprint density at radius 3 is 2.28 bits per heavy atom. The fraction of sp³-hybridized carbons (Fsp3) is 0.458. The molecule has 2 rings (SSSR count). The number of aliphatic hydroxyl groups is 1. The fourth-order valence-corrected chi connectivity index (χ4v) is 3.07. The molecule has 0 saturated heterocycles. The van der Waals surface area contributed by atoms with Crippen molar-refractivity contribution < 1.29 is 38.3 Å². The van der Waals surface area contributed by atoms with E-state index in [9.17, 15) is 9.90 Å². The minimum atomic E-state index is -1.36. The fourth-order valence-electron chi connectivity index (χ4n) is 3.07. The zero-order chi connectivity index (χ0) is 23.5. The standard InChI is InChI=1S/C24H32O8/c1-16-6-7-17(12-21(16)29-4)23(25)24(26)18-8-9-20(22(13-18)30-5)32-15-19(14-28-3)31-11-10-27-2/h6-9,12-13,19,24,26H,10-11,14-15H2,1-5H3. The zero-order valence-electron chi connectivity index (χ0n) is 19.3. The lowest BCUT2D eigenvalue weighted by Gasteiger charge is -2.19. The normalized spacial score (nSPS) is 12.8. The molecule has 2 unspecified atom stereocenters. The van der Waals surface area contributed by atoms with Crippen LogP contribution in [0.15, 0.2) is 36.4 Å². The number of ketones is 1. The number of carbonyl (C=O) groups is 1. The molecule has 0 spiro atoms. The van der Waals surface area contributed by atoms with Crippen LogP contribution in [0.1, 0.15) is 27.6 Å². The number of benzene rings is 2. The summed E-state index contributed by atoms with van der Waals surface area (Å²) < 4.78 is 32.4. The van der Waals surface area contributed by atoms with Gasteiger partial charge in [0.1, 0.15) is 24.6 Å². The van der Waals surface area contributed by atoms with E-state index in [1.165, 1.54) is 14.2 Å². The van der Waals surface area contributed by atoms with E-state index in [-0.39, 0.29) is 12.7 Å². The predicted molar refractivity (Wildman–Crippen MR) is 119 cm³/mol. The molecule has 0 bridgehead atoms. The molecule has 0 aliphatic heterocycles. The number of hydrogen-bond acceptors (Lipinski definition) is 8. The van der Waals surface area contributed by atoms with Crippen molar-refractivity contribution in [2.24, 2.45) is 0 Å². The molecule has 0 amide bonds. The second-order valence-electron chi connectivity index (χ2n) is 7.11. The number of rotatable bonds is 14. The van der Waals surface area contributed by atoms with Crippen molar-refractivity contribution in [3.63, 3.8) is 0 Å². The molecule has 8 nitrogen and oxygen atoms in total. The number of carbonyl (C=O) groups excluding carboxylic acids is 1. The summed E-state index contributed by atoms with van der Waals surface area (Å²) in [5.74, 6) is 1.00. The summed E-state index contributed by atoms with van der Waals surface area (Å²) in [5.41, 5.74) is 1.65. The van der Waals surface area contributed by atoms with Gasteiger partial charge in [-0.2, -0.15) is 0 Å². The highest BCUT2D eigenvalue weighted by Crippen LogP contribution is 2.32. The minimum Gasteiger partial charge on any atom is -0.496 e. The third-order valence-electron chi connectivity index (χ3n) is 4.86. The molecule has 0 fully saturated rings. The average Bonchev–Trinajstić information content (AvgIpc) is 2.81. The minimum absolute atomic E-state index is 0.234. The van der Waals surface area contributed by atoms with E-state index in [4.69, 9.17) is 28.4 Å². The Balaban J connectivity index is 2.12. The van der Waals surface area contributed by atoms with Gasteiger partial charge < -0.3 is 33.5 Å². The average molecular weight is 449 g/mol. The van der Waals surface area contributed by atoms with E-state index < -0.39 is 11.9 Å². The number of aryl methyl sites for hydroxylation is 1. The van der Waals surface area contributed by atoms with E-state index in [0.717, 1.165) is 5.56 Å². The summed E-state index contributed by atoms with van der Waals surface area (Å²) in [4.78, 5) is 12.8. The van der Waals surface area contributed by atoms with Gasteiger partial charge in [0.05, 0.1) is 34.0 Å². The summed E-state index contributed by atoms with van der Waals surface area (Å²) in [6.45, 7) is 3.36. The van der Waals surface area contributed by atoms with Crippen LogP contribution in [-0.4, -0.2) is 71.9 Å². The summed E-state index contributed by atoms with van der Waals surface area (Å²) in [5, 5.41) is 10.7. The van der Waals surface area contributed by atoms with Crippen molar-refractivity contribution >= 4 is 5.78 Å². The van der Waals surface area contributed by atoms with Gasteiger partial charge in [0.25, 0.3) is 0 Å². The van der Waals surface area contributed by atoms with Gasteiger partial charge in [0, 0.05) is 19.8 Å². The summed E-state index contributed by atoms with van der Waals surface area (Å²) in [6, 6.07) is 9.93. The molecule has 0 aromatic heterocycles. The smallest absolute Gasteiger partial charge is 0.195 e. The van der Waals surface area contributed by atoms with Crippen molar-refractivity contribution in [2.75, 3.05) is 54.9 Å². The number of ether oxygens (including phenoxy) is 6. The highest BCUT2D eigenvalue weighted by atomic mass is 16.6. The van der Waals surface area contributed by atoms with Crippen molar-refractivity contribution in [2.45, 2.75) is 19.1 Å². The second kappa shape index (κ2) is 13.0. The van der Waals surface area contributed by atoms with Crippen LogP contribution in [-0.2, 0) is 14.2 Å². The molecule has 176 valence electrons. The Bertz CT molecular complexity index is 867. The molecule has 0 saturated carbocycles. The lowest BCUT2D eigenvalue weighted by molar-refractivity contribution is -0.0411. The maximum Gasteiger partial charge on any atom is 0.195 e. The monoisotopic (exact) mass is 448 g/mol. The van der Waals surface area contributed by atoms with E-state index >= 15 is 0 Å². The Hall–Kier alpha value is -2.65. The zero-order valence-corrected chi connectivity index (χ0v) is 19.3. The van der Waals surface area contributed by atoms with Crippen molar-refractivity contribution in [1.82, 2.24) is 0 Å². The molecule has 8 heteroatoms. The van der Waals surface area contributed by atoms with E-state index in [1.54, 1.807) is 50.6 Å². The van der Waals surface area contributed by atoms with Gasteiger partial charge in [0.2, 0.25) is 0 Å². The molecule has 0 aliphatic carbocycles. The van der Waals surface area contributed by atoms with E-state index in [2.05, 4.69) is 0 Å². The van der Waals surface area contributed by atoms with Crippen LogP contribution >= 0.6 is 0 Å². The molecule has 0 radical (unpaired) electrons. The number of methoxy groups -OCH3 is 4. The first-order chi connectivity index (χ1) is 15.4. The molecule has 1 N–H and O–H groups in total. The van der Waals surface area contributed by atoms with Crippen LogP contribution in [0.3, 0.4) is 0 Å². The third kappa shape index (κ3) is 6.93. The van der Waals surface area contributed by atoms with Crippen molar-refractivity contribution in [3.8, 4) is 17.2 Å². The van der Waals surface area contributed by atoms with Gasteiger partial charge in [0.15, 0.2) is 17.3 Å². The van der Waals surface area contributed by atoms with Gasteiger partial charge in [-0.15, -0.1) is 0 Å². The SMILES string of the molecule is COCCOC(COC)COc1ccc(C(O)C(=O)c2ccc(C)c(OC)c2)cc1OC. The topological polar surface area (TPSA) is 92.7 Å². The molecule has 0 heterocycles. The molecule has 32 heavy (non-hydrogen) atoms. The number of hydrogen-bond donors (Lipinski definition) is 1. The first kappa shape index (κ1) is 25.6. The van der Waals surface area contributed by atoms with Crippen LogP contribution in [0.4, 0.5) is 0 Å². The quantitative estimate of drug-likeness (QED) is 0.348. The van der Waals surface area contributed by atoms with Gasteiger partial charge in [-0.1, -0.05) is 18.2 Å². The van der Waals surface area contributed by atoms with Gasteiger partial charge >= 0.3 is 0 Å². The van der Waals surface area contributed by atoms with Crippen LogP contribution in [0.2, 0.25) is 0 Å². The van der Waals surface area contributed by atoms with E-state index in [0.29, 0.717) is 48.2 Å². The van der Waals surface area contributed by atoms with Crippen molar-refractivity contribution in [1.29, 1.82) is 0 Å². The Morgan fingerprint density at radius 2 is 1.62 bits per heavy atom. The highest BCUT2D eigenvalue weighted by Gasteiger charge is 2.22. The molecule has 2 aromatic rings. The lowest BCUT2D eigenvalue weighted by atomic mass is 9.98. The van der Waals surface area contributed by atoms with Gasteiger partial charge in [-0.05, 0) is 36.2 Å². The first-order valence-electron chi connectivity index (χ1n) is 10.2. The Labute approximate surface area is 189 Å². The highest BCUT2D eigenvalue weighted by molar-refractivity contribution is 6.00. The Morgan fingerprint density at radius 1 is 0.875 bits per heavy atom. The third-order valence-corrected chi connectivity index (χ3v) is 4.86. The summed E-state index contributed by atoms with van der Waals surface area (Å²) >= 11 is 0. The Kier molecular flexibility index (Phi) is 10.4. The predicted octanol–water partition coefficient (Wildman–Crippen LogP) is 2.99. The van der Waals surface area contributed by atoms with Crippen LogP contribution in [0.5, 0.6) is 17.2 Å². The lowest BCUT2D eigenvalue weighted by Crippen LogP contribution is -2.28. The second-order valence-corrected chi connectivity index (χ2v) is 7.11. The van der Waals surface area contributed by atoms with Crippen LogP contribution < -0.4 is 14.2 Å². The largest absolute Gasteiger partial charge is 0.496 e. The van der Waals surface area contributed by atoms with Crippen molar-refractivity contribution in [3.05, 3.63) is 53.1 Å². The molecular weight excluding hydrogens is 416 g/mol. The number of aliphatic hydroxyl groups excluding tert-OH is 1. The summed E-state index contributed by atoms with van der Waals surface area (Å²) in [7, 11) is 6.22. The van der Waals surface area contributed by atoms with Gasteiger partial charge in [-0.25, -0.2) is 0 Å². The van der Waals surface area contributed by atoms with Crippen LogP contribution in [0, 0.1) is 6.92 Å². The summed E-state index contributed by atoms with van der Waals surface area (Å²) in [6.07, 6.45) is -1.65. The molecule has 2 aromatic carbocycles. The first-order valence-corrected chi connectivity index (χ1v) is 10.2. The van der Waals surface area contributed by atoms with Crippen LogP contribution in [0.25, 0.3) is 0 Å². The molecular formula is C24H32O8. The molecule has 0 aliphatic rings. The number of Topliss-reactive ketones (excluding diaryl/α,β-unsaturated/α-hetero) is 1. The van der Waals surface area contributed by atoms with E-state index in [1.807, 2.05) is 6.92 Å². The maximum atomic E-state index is 12.8. The molecule has 2 atom stereocenters.